The summed E-state index contributed by atoms with van der Waals surface area (Å²) in [6.07, 6.45) is 0. The van der Waals surface area contributed by atoms with Gasteiger partial charge in [0.15, 0.2) is 17.5 Å². The van der Waals surface area contributed by atoms with E-state index in [1.807, 2.05) is 30.3 Å². The molecule has 0 amide bonds. The highest BCUT2D eigenvalue weighted by Gasteiger charge is 2.09. The molecular formula is C16H11F2N3. The lowest BCUT2D eigenvalue weighted by Crippen LogP contribution is -1.98. The fourth-order valence-electron chi connectivity index (χ4n) is 1.99. The number of rotatable bonds is 2. The van der Waals surface area contributed by atoms with Gasteiger partial charge < -0.3 is 5.73 Å². The lowest BCUT2D eigenvalue weighted by molar-refractivity contribution is 0.509. The lowest BCUT2D eigenvalue weighted by Gasteiger charge is -2.06. The zero-order chi connectivity index (χ0) is 14.8. The second-order valence-corrected chi connectivity index (χ2v) is 4.50. The molecule has 0 saturated carbocycles. The third kappa shape index (κ3) is 2.72. The molecule has 2 N–H and O–H groups in total. The third-order valence-electron chi connectivity index (χ3n) is 2.99. The van der Waals surface area contributed by atoms with Crippen molar-refractivity contribution in [3.8, 4) is 22.6 Å². The lowest BCUT2D eigenvalue weighted by atomic mass is 10.1. The van der Waals surface area contributed by atoms with Gasteiger partial charge in [0.05, 0.1) is 5.69 Å². The molecule has 1 heterocycles. The standard InChI is InChI=1S/C16H11F2N3/c17-12-7-6-11(8-13(12)18)14-9-15(19)21-16(20-14)10-4-2-1-3-5-10/h1-9H,(H2,19,20,21). The number of aromatic nitrogens is 2. The summed E-state index contributed by atoms with van der Waals surface area (Å²) in [5, 5.41) is 0. The van der Waals surface area contributed by atoms with Crippen LogP contribution in [0.1, 0.15) is 0 Å². The maximum atomic E-state index is 13.3. The highest BCUT2D eigenvalue weighted by atomic mass is 19.2. The average Bonchev–Trinajstić information content (AvgIpc) is 2.50. The van der Waals surface area contributed by atoms with Crippen molar-refractivity contribution in [1.29, 1.82) is 0 Å². The van der Waals surface area contributed by atoms with Crippen molar-refractivity contribution in [2.75, 3.05) is 5.73 Å². The molecular weight excluding hydrogens is 272 g/mol. The Morgan fingerprint density at radius 1 is 0.762 bits per heavy atom. The molecule has 0 radical (unpaired) electrons. The van der Waals surface area contributed by atoms with Crippen LogP contribution in [-0.4, -0.2) is 9.97 Å². The van der Waals surface area contributed by atoms with Gasteiger partial charge >= 0.3 is 0 Å². The third-order valence-corrected chi connectivity index (χ3v) is 2.99. The molecule has 0 spiro atoms. The Kier molecular flexibility index (Phi) is 3.31. The molecule has 104 valence electrons. The van der Waals surface area contributed by atoms with E-state index < -0.39 is 11.6 Å². The summed E-state index contributed by atoms with van der Waals surface area (Å²) < 4.78 is 26.3. The molecule has 2 aromatic carbocycles. The number of hydrogen-bond donors (Lipinski definition) is 1. The highest BCUT2D eigenvalue weighted by molar-refractivity contribution is 5.66. The summed E-state index contributed by atoms with van der Waals surface area (Å²) in [4.78, 5) is 8.53. The van der Waals surface area contributed by atoms with Crippen LogP contribution in [0.2, 0.25) is 0 Å². The second kappa shape index (κ2) is 5.28. The largest absolute Gasteiger partial charge is 0.384 e. The number of hydrogen-bond acceptors (Lipinski definition) is 3. The molecule has 0 fully saturated rings. The van der Waals surface area contributed by atoms with E-state index >= 15 is 0 Å². The summed E-state index contributed by atoms with van der Waals surface area (Å²) >= 11 is 0. The Morgan fingerprint density at radius 2 is 1.52 bits per heavy atom. The Balaban J connectivity index is 2.11. The SMILES string of the molecule is Nc1cc(-c2ccc(F)c(F)c2)nc(-c2ccccc2)n1. The van der Waals surface area contributed by atoms with Crippen LogP contribution < -0.4 is 5.73 Å². The van der Waals surface area contributed by atoms with Crippen LogP contribution in [0.3, 0.4) is 0 Å². The Labute approximate surface area is 120 Å². The van der Waals surface area contributed by atoms with Crippen molar-refractivity contribution in [1.82, 2.24) is 9.97 Å². The van der Waals surface area contributed by atoms with Crippen molar-refractivity contribution < 1.29 is 8.78 Å². The highest BCUT2D eigenvalue weighted by Crippen LogP contribution is 2.24. The van der Waals surface area contributed by atoms with Crippen molar-refractivity contribution in [2.45, 2.75) is 0 Å². The van der Waals surface area contributed by atoms with Crippen molar-refractivity contribution in [2.24, 2.45) is 0 Å². The predicted molar refractivity (Wildman–Crippen MR) is 77.2 cm³/mol. The zero-order valence-corrected chi connectivity index (χ0v) is 10.9. The number of nitrogen functional groups attached to an aromatic ring is 1. The van der Waals surface area contributed by atoms with E-state index in [1.54, 1.807) is 0 Å². The van der Waals surface area contributed by atoms with Crippen LogP contribution in [0.5, 0.6) is 0 Å². The Hall–Kier alpha value is -2.82. The van der Waals surface area contributed by atoms with Crippen LogP contribution in [-0.2, 0) is 0 Å². The monoisotopic (exact) mass is 283 g/mol. The maximum absolute atomic E-state index is 13.3. The van der Waals surface area contributed by atoms with Gasteiger partial charge in [-0.25, -0.2) is 18.7 Å². The topological polar surface area (TPSA) is 51.8 Å². The van der Waals surface area contributed by atoms with E-state index in [4.69, 9.17) is 5.73 Å². The smallest absolute Gasteiger partial charge is 0.162 e. The molecule has 0 bridgehead atoms. The molecule has 0 aliphatic carbocycles. The molecule has 0 atom stereocenters. The van der Waals surface area contributed by atoms with Gasteiger partial charge in [-0.1, -0.05) is 30.3 Å². The summed E-state index contributed by atoms with van der Waals surface area (Å²) in [6, 6.07) is 14.4. The first-order valence-electron chi connectivity index (χ1n) is 6.29. The fourth-order valence-corrected chi connectivity index (χ4v) is 1.99. The molecule has 0 aliphatic rings. The van der Waals surface area contributed by atoms with Crippen molar-refractivity contribution in [3.63, 3.8) is 0 Å². The summed E-state index contributed by atoms with van der Waals surface area (Å²) in [6.45, 7) is 0. The molecule has 21 heavy (non-hydrogen) atoms. The van der Waals surface area contributed by atoms with Crippen LogP contribution in [0.4, 0.5) is 14.6 Å². The Bertz CT molecular complexity index is 789. The average molecular weight is 283 g/mol. The van der Waals surface area contributed by atoms with Gasteiger partial charge in [0.2, 0.25) is 0 Å². The van der Waals surface area contributed by atoms with Crippen molar-refractivity contribution in [3.05, 3.63) is 66.2 Å². The van der Waals surface area contributed by atoms with Crippen molar-refractivity contribution >= 4 is 5.82 Å². The minimum atomic E-state index is -0.925. The number of nitrogens with two attached hydrogens (primary N) is 1. The molecule has 1 aromatic heterocycles. The molecule has 3 nitrogen and oxygen atoms in total. The molecule has 0 aliphatic heterocycles. The fraction of sp³-hybridized carbons (Fsp3) is 0. The van der Waals surface area contributed by atoms with E-state index in [0.717, 1.165) is 17.7 Å². The van der Waals surface area contributed by atoms with Crippen LogP contribution in [0.15, 0.2) is 54.6 Å². The van der Waals surface area contributed by atoms with Gasteiger partial charge in [-0.3, -0.25) is 0 Å². The molecule has 0 unspecified atom stereocenters. The van der Waals surface area contributed by atoms with Crippen LogP contribution in [0, 0.1) is 11.6 Å². The maximum Gasteiger partial charge on any atom is 0.162 e. The van der Waals surface area contributed by atoms with E-state index in [2.05, 4.69) is 9.97 Å². The Morgan fingerprint density at radius 3 is 2.24 bits per heavy atom. The van der Waals surface area contributed by atoms with Gasteiger partial charge in [0.25, 0.3) is 0 Å². The molecule has 3 aromatic rings. The van der Waals surface area contributed by atoms with E-state index in [9.17, 15) is 8.78 Å². The number of benzene rings is 2. The van der Waals surface area contributed by atoms with Gasteiger partial charge in [-0.2, -0.15) is 0 Å². The number of anilines is 1. The van der Waals surface area contributed by atoms with Gasteiger partial charge in [-0.05, 0) is 18.2 Å². The predicted octanol–water partition coefficient (Wildman–Crippen LogP) is 3.67. The summed E-state index contributed by atoms with van der Waals surface area (Å²) in [7, 11) is 0. The van der Waals surface area contributed by atoms with Gasteiger partial charge in [0.1, 0.15) is 5.82 Å². The summed E-state index contributed by atoms with van der Waals surface area (Å²) in [5.41, 5.74) is 7.47. The first kappa shape index (κ1) is 13.2. The van der Waals surface area contributed by atoms with Crippen LogP contribution in [0.25, 0.3) is 22.6 Å². The van der Waals surface area contributed by atoms with Gasteiger partial charge in [0, 0.05) is 17.2 Å². The number of nitrogens with zero attached hydrogens (tertiary/aromatic N) is 2. The van der Waals surface area contributed by atoms with E-state index in [1.165, 1.54) is 12.1 Å². The normalized spacial score (nSPS) is 10.6. The first-order chi connectivity index (χ1) is 10.1. The first-order valence-corrected chi connectivity index (χ1v) is 6.29. The van der Waals surface area contributed by atoms with E-state index in [-0.39, 0.29) is 5.82 Å². The summed E-state index contributed by atoms with van der Waals surface area (Å²) in [5.74, 6) is -1.12. The van der Waals surface area contributed by atoms with Crippen LogP contribution >= 0.6 is 0 Å². The van der Waals surface area contributed by atoms with Gasteiger partial charge in [-0.15, -0.1) is 0 Å². The minimum Gasteiger partial charge on any atom is -0.384 e. The quantitative estimate of drug-likeness (QED) is 0.780. The molecule has 3 rings (SSSR count). The van der Waals surface area contributed by atoms with E-state index in [0.29, 0.717) is 17.1 Å². The second-order valence-electron chi connectivity index (χ2n) is 4.50. The minimum absolute atomic E-state index is 0.267. The number of halogens is 2. The molecule has 5 heteroatoms. The molecule has 0 saturated heterocycles. The zero-order valence-electron chi connectivity index (χ0n) is 10.9.